The molecule has 3 nitrogen and oxygen atoms in total. The first-order chi connectivity index (χ1) is 8.63. The van der Waals surface area contributed by atoms with Crippen LogP contribution in [0.4, 0.5) is 0 Å². The molecule has 0 bridgehead atoms. The summed E-state index contributed by atoms with van der Waals surface area (Å²) >= 11 is 0. The van der Waals surface area contributed by atoms with Gasteiger partial charge in [0.15, 0.2) is 0 Å². The second-order valence-electron chi connectivity index (χ2n) is 4.65. The number of hydrogen-bond acceptors (Lipinski definition) is 2. The molecule has 1 aromatic carbocycles. The smallest absolute Gasteiger partial charge is 0.303 e. The van der Waals surface area contributed by atoms with E-state index in [0.29, 0.717) is 12.8 Å². The maximum Gasteiger partial charge on any atom is 0.303 e. The molecule has 0 aliphatic heterocycles. The largest absolute Gasteiger partial charge is 0.481 e. The Balaban J connectivity index is 2.36. The molecule has 0 heterocycles. The van der Waals surface area contributed by atoms with Crippen LogP contribution >= 0.6 is 0 Å². The van der Waals surface area contributed by atoms with Gasteiger partial charge in [-0.1, -0.05) is 37.6 Å². The minimum absolute atomic E-state index is 0.183. The fraction of sp³-hybridized carbons (Fsp3) is 0.533. The fourth-order valence-corrected chi connectivity index (χ4v) is 1.98. The van der Waals surface area contributed by atoms with E-state index in [0.717, 1.165) is 24.8 Å². The topological polar surface area (TPSA) is 57.5 Å². The van der Waals surface area contributed by atoms with Gasteiger partial charge in [0.25, 0.3) is 0 Å². The van der Waals surface area contributed by atoms with Gasteiger partial charge < -0.3 is 10.2 Å². The zero-order valence-electron chi connectivity index (χ0n) is 10.9. The van der Waals surface area contributed by atoms with E-state index >= 15 is 0 Å². The molecule has 0 amide bonds. The second-order valence-corrected chi connectivity index (χ2v) is 4.65. The summed E-state index contributed by atoms with van der Waals surface area (Å²) in [6.45, 7) is 2.14. The lowest BCUT2D eigenvalue weighted by Crippen LogP contribution is -1.99. The number of carbonyl (C=O) groups is 1. The maximum absolute atomic E-state index is 10.4. The number of aryl methyl sites for hydroxylation is 1. The Labute approximate surface area is 108 Å². The van der Waals surface area contributed by atoms with Crippen LogP contribution in [0.5, 0.6) is 0 Å². The summed E-state index contributed by atoms with van der Waals surface area (Å²) < 4.78 is 0. The molecular weight excluding hydrogens is 228 g/mol. The predicted molar refractivity (Wildman–Crippen MR) is 71.5 cm³/mol. The molecule has 1 unspecified atom stereocenters. The number of carboxylic acids is 1. The monoisotopic (exact) mass is 250 g/mol. The predicted octanol–water partition coefficient (Wildman–Crippen LogP) is 3.32. The lowest BCUT2D eigenvalue weighted by atomic mass is 10.0. The lowest BCUT2D eigenvalue weighted by Gasteiger charge is -2.11. The molecule has 3 heteroatoms. The first kappa shape index (κ1) is 14.7. The first-order valence-corrected chi connectivity index (χ1v) is 6.62. The number of rotatable bonds is 8. The van der Waals surface area contributed by atoms with Crippen molar-refractivity contribution in [2.24, 2.45) is 0 Å². The summed E-state index contributed by atoms with van der Waals surface area (Å²) in [7, 11) is 0. The average Bonchev–Trinajstić information content (AvgIpc) is 2.35. The summed E-state index contributed by atoms with van der Waals surface area (Å²) in [5, 5.41) is 18.5. The van der Waals surface area contributed by atoms with Gasteiger partial charge in [0.2, 0.25) is 0 Å². The van der Waals surface area contributed by atoms with Gasteiger partial charge >= 0.3 is 5.97 Å². The third-order valence-corrected chi connectivity index (χ3v) is 3.02. The molecule has 0 aliphatic carbocycles. The van der Waals surface area contributed by atoms with Crippen molar-refractivity contribution in [1.82, 2.24) is 0 Å². The normalized spacial score (nSPS) is 12.3. The number of unbranched alkanes of at least 4 members (excludes halogenated alkanes) is 1. The summed E-state index contributed by atoms with van der Waals surface area (Å²) in [4.78, 5) is 10.4. The van der Waals surface area contributed by atoms with E-state index in [9.17, 15) is 9.90 Å². The molecule has 2 N–H and O–H groups in total. The van der Waals surface area contributed by atoms with Crippen LogP contribution in [-0.2, 0) is 11.2 Å². The number of aliphatic carboxylic acids is 1. The molecule has 0 saturated carbocycles. The molecular formula is C15H22O3. The molecule has 1 aromatic rings. The van der Waals surface area contributed by atoms with E-state index in [2.05, 4.69) is 19.1 Å². The highest BCUT2D eigenvalue weighted by Crippen LogP contribution is 2.20. The molecule has 0 fully saturated rings. The number of carboxylic acid groups (broad SMARTS) is 1. The maximum atomic E-state index is 10.4. The van der Waals surface area contributed by atoms with Crippen LogP contribution in [-0.4, -0.2) is 16.2 Å². The molecule has 18 heavy (non-hydrogen) atoms. The van der Waals surface area contributed by atoms with Crippen molar-refractivity contribution in [1.29, 1.82) is 0 Å². The second kappa shape index (κ2) is 7.88. The van der Waals surface area contributed by atoms with Crippen molar-refractivity contribution in [2.45, 2.75) is 51.6 Å². The Kier molecular flexibility index (Phi) is 6.44. The van der Waals surface area contributed by atoms with Crippen LogP contribution < -0.4 is 0 Å². The molecule has 0 radical (unpaired) electrons. The van der Waals surface area contributed by atoms with Gasteiger partial charge in [-0.2, -0.15) is 0 Å². The van der Waals surface area contributed by atoms with Gasteiger partial charge in [-0.05, 0) is 36.8 Å². The van der Waals surface area contributed by atoms with E-state index in [4.69, 9.17) is 5.11 Å². The third kappa shape index (κ3) is 5.32. The molecule has 1 rings (SSSR count). The van der Waals surface area contributed by atoms with E-state index in [1.807, 2.05) is 12.1 Å². The Morgan fingerprint density at radius 3 is 2.44 bits per heavy atom. The van der Waals surface area contributed by atoms with E-state index in [1.165, 1.54) is 5.56 Å². The Morgan fingerprint density at radius 2 is 1.89 bits per heavy atom. The zero-order valence-corrected chi connectivity index (χ0v) is 10.9. The summed E-state index contributed by atoms with van der Waals surface area (Å²) in [6, 6.07) is 8.04. The van der Waals surface area contributed by atoms with Gasteiger partial charge in [0.05, 0.1) is 6.10 Å². The van der Waals surface area contributed by atoms with Crippen LogP contribution in [0, 0.1) is 0 Å². The lowest BCUT2D eigenvalue weighted by molar-refractivity contribution is -0.137. The summed E-state index contributed by atoms with van der Waals surface area (Å²) in [5.74, 6) is -0.770. The fourth-order valence-electron chi connectivity index (χ4n) is 1.98. The van der Waals surface area contributed by atoms with Crippen LogP contribution in [0.3, 0.4) is 0 Å². The Hall–Kier alpha value is -1.35. The third-order valence-electron chi connectivity index (χ3n) is 3.02. The van der Waals surface area contributed by atoms with E-state index < -0.39 is 12.1 Å². The van der Waals surface area contributed by atoms with Crippen LogP contribution in [0.1, 0.15) is 56.3 Å². The number of aliphatic hydroxyl groups excluding tert-OH is 1. The number of benzene rings is 1. The van der Waals surface area contributed by atoms with E-state index in [1.54, 1.807) is 0 Å². The Bertz CT molecular complexity index is 357. The minimum Gasteiger partial charge on any atom is -0.481 e. The van der Waals surface area contributed by atoms with Crippen LogP contribution in [0.25, 0.3) is 0 Å². The molecule has 100 valence electrons. The molecule has 0 spiro atoms. The molecule has 1 atom stereocenters. The molecule has 0 saturated heterocycles. The molecule has 0 aromatic heterocycles. The van der Waals surface area contributed by atoms with Crippen molar-refractivity contribution in [3.8, 4) is 0 Å². The average molecular weight is 250 g/mol. The number of aliphatic hydroxyl groups is 1. The van der Waals surface area contributed by atoms with Gasteiger partial charge in [0, 0.05) is 6.42 Å². The van der Waals surface area contributed by atoms with Crippen molar-refractivity contribution in [3.63, 3.8) is 0 Å². The highest BCUT2D eigenvalue weighted by Gasteiger charge is 2.07. The quantitative estimate of drug-likeness (QED) is 0.696. The van der Waals surface area contributed by atoms with E-state index in [-0.39, 0.29) is 6.42 Å². The highest BCUT2D eigenvalue weighted by molar-refractivity contribution is 5.66. The standard InChI is InChI=1S/C15H22O3/c1-2-5-12-8-10-13(11-9-12)14(16)6-3-4-7-15(17)18/h8-11,14,16H,2-7H2,1H3,(H,17,18). The molecule has 0 aliphatic rings. The summed E-state index contributed by atoms with van der Waals surface area (Å²) in [5.41, 5.74) is 2.21. The van der Waals surface area contributed by atoms with Crippen LogP contribution in [0.2, 0.25) is 0 Å². The SMILES string of the molecule is CCCc1ccc(C(O)CCCCC(=O)O)cc1. The van der Waals surface area contributed by atoms with Gasteiger partial charge in [-0.25, -0.2) is 0 Å². The minimum atomic E-state index is -0.770. The highest BCUT2D eigenvalue weighted by atomic mass is 16.4. The Morgan fingerprint density at radius 1 is 1.22 bits per heavy atom. The number of hydrogen-bond donors (Lipinski definition) is 2. The van der Waals surface area contributed by atoms with Gasteiger partial charge in [-0.15, -0.1) is 0 Å². The van der Waals surface area contributed by atoms with Crippen molar-refractivity contribution < 1.29 is 15.0 Å². The first-order valence-electron chi connectivity index (χ1n) is 6.62. The van der Waals surface area contributed by atoms with Crippen molar-refractivity contribution in [3.05, 3.63) is 35.4 Å². The zero-order chi connectivity index (χ0) is 13.4. The van der Waals surface area contributed by atoms with Crippen molar-refractivity contribution >= 4 is 5.97 Å². The van der Waals surface area contributed by atoms with Crippen molar-refractivity contribution in [2.75, 3.05) is 0 Å². The van der Waals surface area contributed by atoms with Gasteiger partial charge in [-0.3, -0.25) is 4.79 Å². The van der Waals surface area contributed by atoms with Gasteiger partial charge in [0.1, 0.15) is 0 Å². The summed E-state index contributed by atoms with van der Waals surface area (Å²) in [6.07, 6.45) is 3.88. The van der Waals surface area contributed by atoms with Crippen LogP contribution in [0.15, 0.2) is 24.3 Å².